The van der Waals surface area contributed by atoms with Crippen LogP contribution in [0.25, 0.3) is 0 Å². The number of benzene rings is 1. The van der Waals surface area contributed by atoms with Crippen LogP contribution >= 0.6 is 0 Å². The minimum Gasteiger partial charge on any atom is -0.349 e. The molecule has 1 aromatic carbocycles. The number of unbranched alkanes of at least 4 members (excludes halogenated alkanes) is 2. The fourth-order valence-electron chi connectivity index (χ4n) is 2.29. The first kappa shape index (κ1) is 17.6. The predicted molar refractivity (Wildman–Crippen MR) is 84.3 cm³/mol. The van der Waals surface area contributed by atoms with Crippen LogP contribution in [0.1, 0.15) is 58.1 Å². The van der Waals surface area contributed by atoms with Crippen LogP contribution < -0.4 is 11.1 Å². The maximum atomic E-state index is 13.1. The lowest BCUT2D eigenvalue weighted by Gasteiger charge is -2.32. The number of carbonyl (C=O) groups is 1. The summed E-state index contributed by atoms with van der Waals surface area (Å²) in [6.07, 6.45) is 3.28. The summed E-state index contributed by atoms with van der Waals surface area (Å²) in [5.41, 5.74) is 6.24. The van der Waals surface area contributed by atoms with E-state index in [-0.39, 0.29) is 23.2 Å². The van der Waals surface area contributed by atoms with Crippen LogP contribution in [-0.4, -0.2) is 12.5 Å². The van der Waals surface area contributed by atoms with Crippen molar-refractivity contribution in [1.29, 1.82) is 0 Å². The third-order valence-electron chi connectivity index (χ3n) is 3.48. The van der Waals surface area contributed by atoms with Crippen molar-refractivity contribution in [3.8, 4) is 0 Å². The molecular formula is C17H27FN2O. The summed E-state index contributed by atoms with van der Waals surface area (Å²) in [5, 5.41) is 3.08. The normalized spacial score (nSPS) is 13.0. The molecule has 4 heteroatoms. The summed E-state index contributed by atoms with van der Waals surface area (Å²) in [7, 11) is 0. The first-order valence-electron chi connectivity index (χ1n) is 7.59. The van der Waals surface area contributed by atoms with Gasteiger partial charge in [-0.25, -0.2) is 4.39 Å². The summed E-state index contributed by atoms with van der Waals surface area (Å²) in [4.78, 5) is 12.1. The summed E-state index contributed by atoms with van der Waals surface area (Å²) in [6, 6.07) is 6.21. The zero-order chi connectivity index (χ0) is 15.9. The van der Waals surface area contributed by atoms with Crippen LogP contribution in [0.3, 0.4) is 0 Å². The van der Waals surface area contributed by atoms with Crippen molar-refractivity contribution >= 4 is 5.91 Å². The number of carbonyl (C=O) groups excluding carboxylic acids is 1. The molecule has 3 nitrogen and oxygen atoms in total. The van der Waals surface area contributed by atoms with Gasteiger partial charge >= 0.3 is 0 Å². The van der Waals surface area contributed by atoms with Crippen LogP contribution in [-0.2, 0) is 4.79 Å². The number of halogens is 1. The summed E-state index contributed by atoms with van der Waals surface area (Å²) in [5.74, 6) is -0.226. The van der Waals surface area contributed by atoms with E-state index in [1.807, 2.05) is 0 Å². The Hall–Kier alpha value is -1.42. The lowest BCUT2D eigenvalue weighted by molar-refractivity contribution is -0.122. The van der Waals surface area contributed by atoms with Gasteiger partial charge in [0.25, 0.3) is 0 Å². The average molecular weight is 294 g/mol. The third-order valence-corrected chi connectivity index (χ3v) is 3.48. The maximum absolute atomic E-state index is 13.1. The van der Waals surface area contributed by atoms with Gasteiger partial charge in [0.1, 0.15) is 5.82 Å². The van der Waals surface area contributed by atoms with Crippen LogP contribution in [0.5, 0.6) is 0 Å². The second-order valence-electron chi connectivity index (χ2n) is 6.52. The summed E-state index contributed by atoms with van der Waals surface area (Å²) < 4.78 is 13.1. The standard InChI is InChI=1S/C17H27FN2O/c1-17(2,3)16(13-8-10-14(18)11-9-13)20-15(21)7-5-4-6-12-19/h8-11,16H,4-7,12,19H2,1-3H3,(H,20,21). The number of rotatable bonds is 7. The highest BCUT2D eigenvalue weighted by molar-refractivity contribution is 5.76. The molecule has 1 aromatic rings. The minimum atomic E-state index is -0.264. The van der Waals surface area contributed by atoms with Crippen molar-refractivity contribution in [2.24, 2.45) is 11.1 Å². The van der Waals surface area contributed by atoms with Crippen molar-refractivity contribution in [1.82, 2.24) is 5.32 Å². The lowest BCUT2D eigenvalue weighted by Crippen LogP contribution is -2.36. The fraction of sp³-hybridized carbons (Fsp3) is 0.588. The third kappa shape index (κ3) is 6.25. The molecule has 1 rings (SSSR count). The Morgan fingerprint density at radius 2 is 1.81 bits per heavy atom. The Morgan fingerprint density at radius 3 is 2.33 bits per heavy atom. The van der Waals surface area contributed by atoms with E-state index in [1.165, 1.54) is 12.1 Å². The van der Waals surface area contributed by atoms with Gasteiger partial charge in [0, 0.05) is 6.42 Å². The highest BCUT2D eigenvalue weighted by Gasteiger charge is 2.27. The molecule has 0 radical (unpaired) electrons. The van der Waals surface area contributed by atoms with E-state index in [9.17, 15) is 9.18 Å². The molecule has 21 heavy (non-hydrogen) atoms. The Balaban J connectivity index is 2.67. The Kier molecular flexibility index (Phi) is 6.82. The van der Waals surface area contributed by atoms with Gasteiger partial charge in [-0.05, 0) is 42.5 Å². The van der Waals surface area contributed by atoms with E-state index in [0.717, 1.165) is 24.8 Å². The summed E-state index contributed by atoms with van der Waals surface area (Å²) in [6.45, 7) is 6.86. The zero-order valence-corrected chi connectivity index (χ0v) is 13.3. The molecule has 0 spiro atoms. The van der Waals surface area contributed by atoms with Crippen molar-refractivity contribution < 1.29 is 9.18 Å². The molecule has 1 amide bonds. The molecular weight excluding hydrogens is 267 g/mol. The molecule has 0 aliphatic rings. The fourth-order valence-corrected chi connectivity index (χ4v) is 2.29. The highest BCUT2D eigenvalue weighted by Crippen LogP contribution is 2.32. The molecule has 0 saturated carbocycles. The van der Waals surface area contributed by atoms with Gasteiger partial charge in [0.05, 0.1) is 6.04 Å². The van der Waals surface area contributed by atoms with Crippen molar-refractivity contribution in [2.75, 3.05) is 6.54 Å². The smallest absolute Gasteiger partial charge is 0.220 e. The molecule has 1 atom stereocenters. The second kappa shape index (κ2) is 8.13. The molecule has 0 aliphatic carbocycles. The van der Waals surface area contributed by atoms with Gasteiger partial charge in [-0.2, -0.15) is 0 Å². The van der Waals surface area contributed by atoms with E-state index in [1.54, 1.807) is 12.1 Å². The number of hydrogen-bond donors (Lipinski definition) is 2. The number of nitrogens with two attached hydrogens (primary N) is 1. The van der Waals surface area contributed by atoms with Crippen LogP contribution in [0.15, 0.2) is 24.3 Å². The zero-order valence-electron chi connectivity index (χ0n) is 13.3. The first-order chi connectivity index (χ1) is 9.84. The topological polar surface area (TPSA) is 55.1 Å². The van der Waals surface area contributed by atoms with Gasteiger partial charge in [-0.15, -0.1) is 0 Å². The van der Waals surface area contributed by atoms with Crippen LogP contribution in [0.4, 0.5) is 4.39 Å². The molecule has 0 aliphatic heterocycles. The van der Waals surface area contributed by atoms with E-state index >= 15 is 0 Å². The Morgan fingerprint density at radius 1 is 1.19 bits per heavy atom. The maximum Gasteiger partial charge on any atom is 0.220 e. The van der Waals surface area contributed by atoms with E-state index in [4.69, 9.17) is 5.73 Å². The van der Waals surface area contributed by atoms with Crippen molar-refractivity contribution in [2.45, 2.75) is 52.5 Å². The SMILES string of the molecule is CC(C)(C)C(NC(=O)CCCCCN)c1ccc(F)cc1. The molecule has 1 unspecified atom stereocenters. The van der Waals surface area contributed by atoms with E-state index in [2.05, 4.69) is 26.1 Å². The molecule has 118 valence electrons. The quantitative estimate of drug-likeness (QED) is 0.756. The molecule has 0 bridgehead atoms. The van der Waals surface area contributed by atoms with Crippen LogP contribution in [0.2, 0.25) is 0 Å². The second-order valence-corrected chi connectivity index (χ2v) is 6.52. The Bertz CT molecular complexity index is 437. The van der Waals surface area contributed by atoms with Gasteiger partial charge in [0.2, 0.25) is 5.91 Å². The minimum absolute atomic E-state index is 0.0382. The molecule has 0 fully saturated rings. The van der Waals surface area contributed by atoms with E-state index < -0.39 is 0 Å². The number of amides is 1. The van der Waals surface area contributed by atoms with Gasteiger partial charge in [0.15, 0.2) is 0 Å². The summed E-state index contributed by atoms with van der Waals surface area (Å²) >= 11 is 0. The van der Waals surface area contributed by atoms with Crippen molar-refractivity contribution in [3.05, 3.63) is 35.6 Å². The predicted octanol–water partition coefficient (Wildman–Crippen LogP) is 3.55. The molecule has 3 N–H and O–H groups in total. The monoisotopic (exact) mass is 294 g/mol. The Labute approximate surface area is 127 Å². The van der Waals surface area contributed by atoms with E-state index in [0.29, 0.717) is 13.0 Å². The van der Waals surface area contributed by atoms with Gasteiger partial charge in [-0.3, -0.25) is 4.79 Å². The first-order valence-corrected chi connectivity index (χ1v) is 7.59. The number of nitrogens with one attached hydrogen (secondary N) is 1. The lowest BCUT2D eigenvalue weighted by atomic mass is 9.82. The van der Waals surface area contributed by atoms with Gasteiger partial charge in [-0.1, -0.05) is 39.3 Å². The molecule has 0 saturated heterocycles. The largest absolute Gasteiger partial charge is 0.349 e. The average Bonchev–Trinajstić information content (AvgIpc) is 2.41. The molecule has 0 heterocycles. The molecule has 0 aromatic heterocycles. The van der Waals surface area contributed by atoms with Gasteiger partial charge < -0.3 is 11.1 Å². The van der Waals surface area contributed by atoms with Crippen LogP contribution in [0, 0.1) is 11.2 Å². The number of hydrogen-bond acceptors (Lipinski definition) is 2. The highest BCUT2D eigenvalue weighted by atomic mass is 19.1. The van der Waals surface area contributed by atoms with Crippen molar-refractivity contribution in [3.63, 3.8) is 0 Å².